The lowest BCUT2D eigenvalue weighted by Gasteiger charge is -2.12. The number of aryl methyl sites for hydroxylation is 1. The van der Waals surface area contributed by atoms with Gasteiger partial charge >= 0.3 is 5.97 Å². The summed E-state index contributed by atoms with van der Waals surface area (Å²) in [6.07, 6.45) is 0. The van der Waals surface area contributed by atoms with Gasteiger partial charge in [-0.05, 0) is 31.5 Å². The Labute approximate surface area is 154 Å². The van der Waals surface area contributed by atoms with Crippen molar-refractivity contribution in [1.29, 1.82) is 0 Å². The summed E-state index contributed by atoms with van der Waals surface area (Å²) in [5, 5.41) is 12.9. The van der Waals surface area contributed by atoms with Crippen LogP contribution in [0.5, 0.6) is 0 Å². The first-order valence-electron chi connectivity index (χ1n) is 7.80. The number of nitro groups is 1. The summed E-state index contributed by atoms with van der Waals surface area (Å²) < 4.78 is 5.02. The number of amides is 1. The third kappa shape index (κ3) is 5.59. The second-order valence-corrected chi connectivity index (χ2v) is 6.90. The van der Waals surface area contributed by atoms with Gasteiger partial charge in [-0.25, -0.2) is 0 Å². The van der Waals surface area contributed by atoms with E-state index in [9.17, 15) is 19.7 Å². The molecular weight excluding hydrogens is 356 g/mol. The van der Waals surface area contributed by atoms with Crippen LogP contribution < -0.4 is 5.32 Å². The number of non-ortho nitro benzene ring substituents is 1. The number of benzene rings is 2. The quantitative estimate of drug-likeness (QED) is 0.344. The lowest BCUT2D eigenvalue weighted by Crippen LogP contribution is -2.25. The van der Waals surface area contributed by atoms with Gasteiger partial charge < -0.3 is 10.1 Å². The van der Waals surface area contributed by atoms with Crippen LogP contribution in [0.4, 0.5) is 11.4 Å². The van der Waals surface area contributed by atoms with Crippen LogP contribution in [0.3, 0.4) is 0 Å². The number of nitrogens with one attached hydrogen (secondary N) is 1. The fourth-order valence-corrected chi connectivity index (χ4v) is 2.94. The smallest absolute Gasteiger partial charge is 0.319 e. The monoisotopic (exact) mass is 374 g/mol. The lowest BCUT2D eigenvalue weighted by atomic mass is 10.2. The first-order chi connectivity index (χ1) is 12.4. The summed E-state index contributed by atoms with van der Waals surface area (Å²) in [6, 6.07) is 13.5. The van der Waals surface area contributed by atoms with Crippen LogP contribution >= 0.6 is 11.8 Å². The first kappa shape index (κ1) is 19.5. The minimum absolute atomic E-state index is 0.129. The van der Waals surface area contributed by atoms with Crippen LogP contribution in [0.15, 0.2) is 53.4 Å². The third-order valence-electron chi connectivity index (χ3n) is 3.44. The molecule has 0 aromatic heterocycles. The summed E-state index contributed by atoms with van der Waals surface area (Å²) in [6.45, 7) is 2.95. The van der Waals surface area contributed by atoms with Gasteiger partial charge in [-0.2, -0.15) is 0 Å². The molecule has 0 unspecified atom stereocenters. The number of hydrogen-bond acceptors (Lipinski definition) is 6. The maximum atomic E-state index is 12.0. The summed E-state index contributed by atoms with van der Waals surface area (Å²) in [7, 11) is 0. The SMILES string of the molecule is Cc1ccc([N+](=O)[O-])cc1NC(=O)COC(=O)[C@@H](C)Sc1ccccc1. The highest BCUT2D eigenvalue weighted by atomic mass is 32.2. The molecule has 1 N–H and O–H groups in total. The van der Waals surface area contributed by atoms with Gasteiger partial charge in [-0.3, -0.25) is 19.7 Å². The lowest BCUT2D eigenvalue weighted by molar-refractivity contribution is -0.384. The topological polar surface area (TPSA) is 98.5 Å². The van der Waals surface area contributed by atoms with Gasteiger partial charge in [0.25, 0.3) is 11.6 Å². The van der Waals surface area contributed by atoms with E-state index in [1.165, 1.54) is 23.9 Å². The van der Waals surface area contributed by atoms with E-state index in [2.05, 4.69) is 5.32 Å². The van der Waals surface area contributed by atoms with Gasteiger partial charge in [0.2, 0.25) is 0 Å². The minimum atomic E-state index is -0.557. The van der Waals surface area contributed by atoms with Crippen molar-refractivity contribution < 1.29 is 19.2 Å². The molecule has 0 aliphatic heterocycles. The Morgan fingerprint density at radius 1 is 1.23 bits per heavy atom. The number of esters is 1. The average Bonchev–Trinajstić information content (AvgIpc) is 2.62. The molecule has 0 heterocycles. The van der Waals surface area contributed by atoms with E-state index in [-0.39, 0.29) is 5.69 Å². The molecule has 2 rings (SSSR count). The standard InChI is InChI=1S/C18H18N2O5S/c1-12-8-9-14(20(23)24)10-16(12)19-17(21)11-25-18(22)13(2)26-15-6-4-3-5-7-15/h3-10,13H,11H2,1-2H3,(H,19,21)/t13-/m1/s1. The number of thioether (sulfide) groups is 1. The van der Waals surface area contributed by atoms with Crippen LogP contribution in [0.2, 0.25) is 0 Å². The molecule has 0 spiro atoms. The van der Waals surface area contributed by atoms with Crippen molar-refractivity contribution in [3.05, 3.63) is 64.2 Å². The maximum absolute atomic E-state index is 12.0. The van der Waals surface area contributed by atoms with Gasteiger partial charge in [0, 0.05) is 17.0 Å². The molecule has 1 atom stereocenters. The number of hydrogen-bond donors (Lipinski definition) is 1. The average molecular weight is 374 g/mol. The minimum Gasteiger partial charge on any atom is -0.455 e. The molecule has 0 aliphatic rings. The predicted octanol–water partition coefficient (Wildman–Crippen LogP) is 3.57. The van der Waals surface area contributed by atoms with Crippen molar-refractivity contribution in [2.24, 2.45) is 0 Å². The van der Waals surface area contributed by atoms with E-state index in [0.717, 1.165) is 4.90 Å². The highest BCUT2D eigenvalue weighted by Gasteiger charge is 2.18. The molecule has 0 fully saturated rings. The van der Waals surface area contributed by atoms with Crippen LogP contribution in [0.25, 0.3) is 0 Å². The van der Waals surface area contributed by atoms with Gasteiger partial charge in [-0.1, -0.05) is 24.3 Å². The Morgan fingerprint density at radius 2 is 1.92 bits per heavy atom. The molecule has 0 aliphatic carbocycles. The molecule has 2 aromatic carbocycles. The van der Waals surface area contributed by atoms with Crippen molar-refractivity contribution in [1.82, 2.24) is 0 Å². The fraction of sp³-hybridized carbons (Fsp3) is 0.222. The van der Waals surface area contributed by atoms with Crippen LogP contribution in [0.1, 0.15) is 12.5 Å². The predicted molar refractivity (Wildman–Crippen MR) is 99.2 cm³/mol. The zero-order chi connectivity index (χ0) is 19.1. The molecule has 7 nitrogen and oxygen atoms in total. The zero-order valence-electron chi connectivity index (χ0n) is 14.3. The molecule has 0 radical (unpaired) electrons. The Hall–Kier alpha value is -2.87. The molecule has 0 saturated carbocycles. The maximum Gasteiger partial charge on any atom is 0.319 e. The van der Waals surface area contributed by atoms with E-state index in [0.29, 0.717) is 11.3 Å². The van der Waals surface area contributed by atoms with E-state index in [4.69, 9.17) is 4.74 Å². The number of nitrogens with zero attached hydrogens (tertiary/aromatic N) is 1. The molecule has 2 aromatic rings. The van der Waals surface area contributed by atoms with Crippen LogP contribution in [-0.4, -0.2) is 28.7 Å². The normalized spacial score (nSPS) is 11.5. The summed E-state index contributed by atoms with van der Waals surface area (Å²) >= 11 is 1.33. The molecule has 0 saturated heterocycles. The molecule has 1 amide bonds. The Balaban J connectivity index is 1.87. The molecule has 8 heteroatoms. The van der Waals surface area contributed by atoms with E-state index < -0.39 is 28.7 Å². The highest BCUT2D eigenvalue weighted by molar-refractivity contribution is 8.00. The molecule has 0 bridgehead atoms. The van der Waals surface area contributed by atoms with Gasteiger partial charge in [0.1, 0.15) is 5.25 Å². The number of ether oxygens (including phenoxy) is 1. The van der Waals surface area contributed by atoms with Gasteiger partial charge in [0.05, 0.1) is 10.6 Å². The molecule has 26 heavy (non-hydrogen) atoms. The Bertz CT molecular complexity index is 810. The van der Waals surface area contributed by atoms with Crippen molar-refractivity contribution in [3.8, 4) is 0 Å². The number of anilines is 1. The Morgan fingerprint density at radius 3 is 2.58 bits per heavy atom. The third-order valence-corrected chi connectivity index (χ3v) is 4.53. The number of rotatable bonds is 7. The van der Waals surface area contributed by atoms with Crippen molar-refractivity contribution >= 4 is 35.0 Å². The van der Waals surface area contributed by atoms with Crippen molar-refractivity contribution in [2.45, 2.75) is 24.0 Å². The number of nitro benzene ring substituents is 1. The second-order valence-electron chi connectivity index (χ2n) is 5.49. The zero-order valence-corrected chi connectivity index (χ0v) is 15.1. The van der Waals surface area contributed by atoms with Crippen molar-refractivity contribution in [2.75, 3.05) is 11.9 Å². The van der Waals surface area contributed by atoms with Crippen LogP contribution in [-0.2, 0) is 14.3 Å². The number of carbonyl (C=O) groups is 2. The fourth-order valence-electron chi connectivity index (χ4n) is 2.05. The van der Waals surface area contributed by atoms with Gasteiger partial charge in [0.15, 0.2) is 6.61 Å². The summed E-state index contributed by atoms with van der Waals surface area (Å²) in [4.78, 5) is 35.2. The Kier molecular flexibility index (Phi) is 6.74. The largest absolute Gasteiger partial charge is 0.455 e. The van der Waals surface area contributed by atoms with Gasteiger partial charge in [-0.15, -0.1) is 11.8 Å². The first-order valence-corrected chi connectivity index (χ1v) is 8.68. The van der Waals surface area contributed by atoms with E-state index in [1.807, 2.05) is 30.3 Å². The molecule has 136 valence electrons. The molecular formula is C18H18N2O5S. The van der Waals surface area contributed by atoms with Crippen molar-refractivity contribution in [3.63, 3.8) is 0 Å². The van der Waals surface area contributed by atoms with E-state index >= 15 is 0 Å². The highest BCUT2D eigenvalue weighted by Crippen LogP contribution is 2.24. The van der Waals surface area contributed by atoms with Crippen LogP contribution in [0, 0.1) is 17.0 Å². The summed E-state index contributed by atoms with van der Waals surface area (Å²) in [5.41, 5.74) is 0.853. The number of carbonyl (C=O) groups excluding carboxylic acids is 2. The summed E-state index contributed by atoms with van der Waals surface area (Å²) in [5.74, 6) is -1.07. The second kappa shape index (κ2) is 9.00. The van der Waals surface area contributed by atoms with E-state index in [1.54, 1.807) is 19.9 Å².